The molecule has 37 heavy (non-hydrogen) atoms. The summed E-state index contributed by atoms with van der Waals surface area (Å²) in [5.74, 6) is -0.574. The molecule has 10 heteroatoms. The van der Waals surface area contributed by atoms with Crippen LogP contribution in [0.25, 0.3) is 0 Å². The minimum atomic E-state index is -4.54. The average molecular weight is 513 g/mol. The topological polar surface area (TPSA) is 73.4 Å². The lowest BCUT2D eigenvalue weighted by Gasteiger charge is -2.32. The van der Waals surface area contributed by atoms with E-state index in [0.29, 0.717) is 30.9 Å². The molecular formula is C27H31F3N6O. The zero-order valence-electron chi connectivity index (χ0n) is 21.0. The van der Waals surface area contributed by atoms with Gasteiger partial charge >= 0.3 is 6.18 Å². The van der Waals surface area contributed by atoms with Crippen molar-refractivity contribution in [2.24, 2.45) is 0 Å². The molecule has 0 radical (unpaired) electrons. The Morgan fingerprint density at radius 3 is 2.41 bits per heavy atom. The Labute approximate surface area is 214 Å². The highest BCUT2D eigenvalue weighted by Crippen LogP contribution is 2.31. The van der Waals surface area contributed by atoms with Crippen molar-refractivity contribution in [2.75, 3.05) is 38.5 Å². The van der Waals surface area contributed by atoms with Crippen LogP contribution in [-0.2, 0) is 25.8 Å². The van der Waals surface area contributed by atoms with Crippen LogP contribution in [0.15, 0.2) is 55.1 Å². The Morgan fingerprint density at radius 2 is 1.70 bits per heavy atom. The van der Waals surface area contributed by atoms with Crippen molar-refractivity contribution in [1.29, 1.82) is 0 Å². The molecule has 1 fully saturated rings. The number of aromatic nitrogens is 2. The molecule has 3 aromatic rings. The summed E-state index contributed by atoms with van der Waals surface area (Å²) in [4.78, 5) is 25.3. The minimum Gasteiger partial charge on any atom is -0.322 e. The summed E-state index contributed by atoms with van der Waals surface area (Å²) in [6, 6.07) is 9.08. The molecule has 0 unspecified atom stereocenters. The van der Waals surface area contributed by atoms with Gasteiger partial charge in [0.25, 0.3) is 5.91 Å². The number of amides is 1. The van der Waals surface area contributed by atoms with E-state index in [2.05, 4.69) is 30.4 Å². The second kappa shape index (κ2) is 11.8. The maximum atomic E-state index is 13.6. The lowest BCUT2D eigenvalue weighted by atomic mass is 10.0. The third-order valence-electron chi connectivity index (χ3n) is 6.45. The minimum absolute atomic E-state index is 0.0109. The number of halogens is 3. The number of rotatable bonds is 8. The highest BCUT2D eigenvalue weighted by Gasteiger charge is 2.32. The standard InChI is InChI=1S/C27H31F3N6O/c1-19-3-4-25(12-23(19)16-31-13-21-14-32-18-33-15-21)34-26(37)22-9-20(10-24(11-22)27(28,29)30)17-36-7-5-35(2)6-8-36/h3-4,9-12,14-15,18,31H,5-8,13,16-17H2,1-2H3,(H,34,37). The van der Waals surface area contributed by atoms with Crippen LogP contribution in [0.4, 0.5) is 18.9 Å². The summed E-state index contributed by atoms with van der Waals surface area (Å²) in [5.41, 5.74) is 3.11. The van der Waals surface area contributed by atoms with Crippen molar-refractivity contribution in [3.05, 3.63) is 88.5 Å². The van der Waals surface area contributed by atoms with Gasteiger partial charge < -0.3 is 15.5 Å². The summed E-state index contributed by atoms with van der Waals surface area (Å²) in [7, 11) is 2.02. The van der Waals surface area contributed by atoms with Crippen LogP contribution in [0.3, 0.4) is 0 Å². The van der Waals surface area contributed by atoms with Gasteiger partial charge in [0, 0.05) is 75.0 Å². The molecule has 4 rings (SSSR count). The Hall–Kier alpha value is -3.34. The molecule has 2 N–H and O–H groups in total. The highest BCUT2D eigenvalue weighted by atomic mass is 19.4. The summed E-state index contributed by atoms with van der Waals surface area (Å²) < 4.78 is 40.9. The molecule has 0 spiro atoms. The third-order valence-corrected chi connectivity index (χ3v) is 6.45. The van der Waals surface area contributed by atoms with Gasteiger partial charge in [0.15, 0.2) is 0 Å². The molecule has 0 atom stereocenters. The number of anilines is 1. The van der Waals surface area contributed by atoms with Crippen LogP contribution >= 0.6 is 0 Å². The number of aryl methyl sites for hydroxylation is 1. The van der Waals surface area contributed by atoms with Crippen LogP contribution in [0.2, 0.25) is 0 Å². The number of likely N-dealkylation sites (N-methyl/N-ethyl adjacent to an activating group) is 1. The van der Waals surface area contributed by atoms with E-state index >= 15 is 0 Å². The van der Waals surface area contributed by atoms with Gasteiger partial charge in [-0.25, -0.2) is 9.97 Å². The van der Waals surface area contributed by atoms with E-state index in [1.807, 2.05) is 26.1 Å². The van der Waals surface area contributed by atoms with E-state index in [1.54, 1.807) is 24.5 Å². The molecule has 7 nitrogen and oxygen atoms in total. The smallest absolute Gasteiger partial charge is 0.322 e. The molecule has 2 aromatic carbocycles. The van der Waals surface area contributed by atoms with Gasteiger partial charge in [-0.3, -0.25) is 9.69 Å². The third kappa shape index (κ3) is 7.58. The lowest BCUT2D eigenvalue weighted by Crippen LogP contribution is -2.43. The Bertz CT molecular complexity index is 1210. The van der Waals surface area contributed by atoms with Crippen LogP contribution in [0.1, 0.15) is 38.2 Å². The normalized spacial score (nSPS) is 15.1. The van der Waals surface area contributed by atoms with Gasteiger partial charge in [-0.2, -0.15) is 13.2 Å². The maximum absolute atomic E-state index is 13.6. The van der Waals surface area contributed by atoms with E-state index in [-0.39, 0.29) is 5.56 Å². The van der Waals surface area contributed by atoms with Crippen LogP contribution < -0.4 is 10.6 Å². The van der Waals surface area contributed by atoms with E-state index in [4.69, 9.17) is 0 Å². The highest BCUT2D eigenvalue weighted by molar-refractivity contribution is 6.04. The number of piperazine rings is 1. The molecule has 196 valence electrons. The Balaban J connectivity index is 1.47. The quantitative estimate of drug-likeness (QED) is 0.474. The van der Waals surface area contributed by atoms with Gasteiger partial charge in [-0.05, 0) is 61.0 Å². The van der Waals surface area contributed by atoms with Gasteiger partial charge in [-0.15, -0.1) is 0 Å². The molecule has 1 aromatic heterocycles. The lowest BCUT2D eigenvalue weighted by molar-refractivity contribution is -0.137. The molecule has 2 heterocycles. The molecular weight excluding hydrogens is 481 g/mol. The fourth-order valence-electron chi connectivity index (χ4n) is 4.25. The van der Waals surface area contributed by atoms with Crippen LogP contribution in [0, 0.1) is 6.92 Å². The maximum Gasteiger partial charge on any atom is 0.416 e. The first-order valence-electron chi connectivity index (χ1n) is 12.1. The SMILES string of the molecule is Cc1ccc(NC(=O)c2cc(CN3CCN(C)CC3)cc(C(F)(F)F)c2)cc1CNCc1cncnc1. The van der Waals surface area contributed by atoms with Gasteiger partial charge in [-0.1, -0.05) is 6.07 Å². The Kier molecular flexibility index (Phi) is 8.52. The van der Waals surface area contributed by atoms with E-state index in [1.165, 1.54) is 6.33 Å². The van der Waals surface area contributed by atoms with Gasteiger partial charge in [0.1, 0.15) is 6.33 Å². The predicted molar refractivity (Wildman–Crippen MR) is 136 cm³/mol. The van der Waals surface area contributed by atoms with Crippen molar-refractivity contribution in [2.45, 2.75) is 32.7 Å². The number of hydrogen-bond donors (Lipinski definition) is 2. The van der Waals surface area contributed by atoms with Crippen molar-refractivity contribution < 1.29 is 18.0 Å². The zero-order chi connectivity index (χ0) is 26.4. The second-order valence-corrected chi connectivity index (χ2v) is 9.44. The first-order chi connectivity index (χ1) is 17.7. The van der Waals surface area contributed by atoms with Crippen LogP contribution in [-0.4, -0.2) is 58.9 Å². The number of carbonyl (C=O) groups excluding carboxylic acids is 1. The summed E-state index contributed by atoms with van der Waals surface area (Å²) in [6.45, 7) is 6.71. The van der Waals surface area contributed by atoms with E-state index < -0.39 is 17.6 Å². The number of nitrogens with zero attached hydrogens (tertiary/aromatic N) is 4. The zero-order valence-corrected chi connectivity index (χ0v) is 21.0. The number of carbonyl (C=O) groups is 1. The first-order valence-corrected chi connectivity index (χ1v) is 12.1. The molecule has 1 aliphatic rings. The number of benzene rings is 2. The van der Waals surface area contributed by atoms with Crippen molar-refractivity contribution in [3.8, 4) is 0 Å². The van der Waals surface area contributed by atoms with E-state index in [9.17, 15) is 18.0 Å². The molecule has 1 saturated heterocycles. The molecule has 0 saturated carbocycles. The van der Waals surface area contributed by atoms with Crippen molar-refractivity contribution in [1.82, 2.24) is 25.1 Å². The first kappa shape index (κ1) is 26.7. The number of alkyl halides is 3. The summed E-state index contributed by atoms with van der Waals surface area (Å²) in [5, 5.41) is 6.09. The number of hydrogen-bond acceptors (Lipinski definition) is 6. The predicted octanol–water partition coefficient (Wildman–Crippen LogP) is 4.09. The second-order valence-electron chi connectivity index (χ2n) is 9.44. The van der Waals surface area contributed by atoms with E-state index in [0.717, 1.165) is 55.0 Å². The van der Waals surface area contributed by atoms with Crippen molar-refractivity contribution >= 4 is 11.6 Å². The van der Waals surface area contributed by atoms with Gasteiger partial charge in [0.2, 0.25) is 0 Å². The molecule has 1 amide bonds. The number of nitrogens with one attached hydrogen (secondary N) is 2. The average Bonchev–Trinajstić information content (AvgIpc) is 2.87. The molecule has 0 bridgehead atoms. The largest absolute Gasteiger partial charge is 0.416 e. The fraction of sp³-hybridized carbons (Fsp3) is 0.370. The summed E-state index contributed by atoms with van der Waals surface area (Å²) >= 11 is 0. The molecule has 1 aliphatic heterocycles. The van der Waals surface area contributed by atoms with Crippen molar-refractivity contribution in [3.63, 3.8) is 0 Å². The monoisotopic (exact) mass is 512 g/mol. The van der Waals surface area contributed by atoms with Crippen LogP contribution in [0.5, 0.6) is 0 Å². The molecule has 0 aliphatic carbocycles. The van der Waals surface area contributed by atoms with Gasteiger partial charge in [0.05, 0.1) is 5.56 Å². The summed E-state index contributed by atoms with van der Waals surface area (Å²) in [6.07, 6.45) is 0.395. The fourth-order valence-corrected chi connectivity index (χ4v) is 4.25. The Morgan fingerprint density at radius 1 is 0.973 bits per heavy atom.